The van der Waals surface area contributed by atoms with Crippen LogP contribution in [-0.2, 0) is 4.79 Å². The van der Waals surface area contributed by atoms with Crippen LogP contribution in [0.15, 0.2) is 29.4 Å². The van der Waals surface area contributed by atoms with Crippen molar-refractivity contribution in [1.29, 1.82) is 0 Å². The van der Waals surface area contributed by atoms with Gasteiger partial charge in [0.25, 0.3) is 5.78 Å². The van der Waals surface area contributed by atoms with Crippen molar-refractivity contribution in [2.45, 2.75) is 12.1 Å². The Morgan fingerprint density at radius 2 is 1.78 bits per heavy atom. The number of aryl methyl sites for hydroxylation is 1. The van der Waals surface area contributed by atoms with E-state index in [9.17, 15) is 4.79 Å². The molecule has 142 valence electrons. The standard InChI is InChI=1S/C17H22N8OS/c1-11-6-8-12(9-7-11)18-13(26)10-27-17-22-21-15-19-14(23(2)3)20-16(24(4)5)25(15)17/h6-9H,10H2,1-5H3,(H,18,26). The van der Waals surface area contributed by atoms with Gasteiger partial charge in [0, 0.05) is 33.9 Å². The molecular formula is C17H22N8OS. The van der Waals surface area contributed by atoms with Crippen LogP contribution in [0.3, 0.4) is 0 Å². The summed E-state index contributed by atoms with van der Waals surface area (Å²) in [6.45, 7) is 2.00. The fourth-order valence-corrected chi connectivity index (χ4v) is 3.04. The highest BCUT2D eigenvalue weighted by Gasteiger charge is 2.18. The number of aromatic nitrogens is 5. The lowest BCUT2D eigenvalue weighted by molar-refractivity contribution is -0.113. The predicted octanol–water partition coefficient (Wildman–Crippen LogP) is 1.69. The van der Waals surface area contributed by atoms with E-state index >= 15 is 0 Å². The molecule has 0 radical (unpaired) electrons. The zero-order valence-corrected chi connectivity index (χ0v) is 16.8. The summed E-state index contributed by atoms with van der Waals surface area (Å²) < 4.78 is 1.75. The van der Waals surface area contributed by atoms with E-state index in [0.717, 1.165) is 11.3 Å². The van der Waals surface area contributed by atoms with E-state index in [1.54, 1.807) is 4.40 Å². The van der Waals surface area contributed by atoms with E-state index in [0.29, 0.717) is 22.8 Å². The first-order valence-electron chi connectivity index (χ1n) is 8.32. The highest BCUT2D eigenvalue weighted by Crippen LogP contribution is 2.23. The summed E-state index contributed by atoms with van der Waals surface area (Å²) in [6, 6.07) is 7.67. The lowest BCUT2D eigenvalue weighted by Gasteiger charge is -2.17. The van der Waals surface area contributed by atoms with Crippen molar-refractivity contribution in [3.8, 4) is 0 Å². The number of rotatable bonds is 6. The lowest BCUT2D eigenvalue weighted by atomic mass is 10.2. The lowest BCUT2D eigenvalue weighted by Crippen LogP contribution is -2.20. The molecule has 0 saturated carbocycles. The van der Waals surface area contributed by atoms with Gasteiger partial charge in [-0.25, -0.2) is 4.40 Å². The van der Waals surface area contributed by atoms with Crippen LogP contribution in [0.1, 0.15) is 5.56 Å². The number of nitrogens with one attached hydrogen (secondary N) is 1. The summed E-state index contributed by atoms with van der Waals surface area (Å²) >= 11 is 1.29. The maximum absolute atomic E-state index is 12.3. The number of benzene rings is 1. The molecule has 10 heteroatoms. The molecule has 3 rings (SSSR count). The van der Waals surface area contributed by atoms with Crippen LogP contribution in [0.25, 0.3) is 5.78 Å². The van der Waals surface area contributed by atoms with Crippen molar-refractivity contribution >= 4 is 41.0 Å². The monoisotopic (exact) mass is 386 g/mol. The Kier molecular flexibility index (Phi) is 5.45. The predicted molar refractivity (Wildman–Crippen MR) is 108 cm³/mol. The first-order chi connectivity index (χ1) is 12.8. The Morgan fingerprint density at radius 1 is 1.07 bits per heavy atom. The summed E-state index contributed by atoms with van der Waals surface area (Å²) in [7, 11) is 7.51. The van der Waals surface area contributed by atoms with Gasteiger partial charge < -0.3 is 15.1 Å². The SMILES string of the molecule is Cc1ccc(NC(=O)CSc2nnc3nc(N(C)C)nc(N(C)C)n23)cc1. The average Bonchev–Trinajstić information content (AvgIpc) is 3.04. The van der Waals surface area contributed by atoms with E-state index < -0.39 is 0 Å². The van der Waals surface area contributed by atoms with Gasteiger partial charge in [0.1, 0.15) is 0 Å². The van der Waals surface area contributed by atoms with Gasteiger partial charge in [-0.05, 0) is 19.1 Å². The molecule has 1 N–H and O–H groups in total. The number of thioether (sulfide) groups is 1. The maximum atomic E-state index is 12.3. The van der Waals surface area contributed by atoms with Gasteiger partial charge in [-0.1, -0.05) is 29.5 Å². The second kappa shape index (κ2) is 7.78. The Labute approximate surface area is 161 Å². The van der Waals surface area contributed by atoms with Crippen molar-refractivity contribution in [1.82, 2.24) is 24.6 Å². The molecule has 0 spiro atoms. The zero-order valence-electron chi connectivity index (χ0n) is 16.0. The third kappa shape index (κ3) is 4.27. The molecule has 2 heterocycles. The number of carbonyl (C=O) groups is 1. The van der Waals surface area contributed by atoms with Crippen LogP contribution >= 0.6 is 11.8 Å². The van der Waals surface area contributed by atoms with E-state index in [1.807, 2.05) is 69.2 Å². The maximum Gasteiger partial charge on any atom is 0.261 e. The van der Waals surface area contributed by atoms with Crippen molar-refractivity contribution in [3.05, 3.63) is 29.8 Å². The molecule has 1 amide bonds. The van der Waals surface area contributed by atoms with E-state index in [1.165, 1.54) is 11.8 Å². The molecule has 3 aromatic rings. The number of hydrogen-bond donors (Lipinski definition) is 1. The summed E-state index contributed by atoms with van der Waals surface area (Å²) in [5, 5.41) is 11.8. The van der Waals surface area contributed by atoms with Crippen LogP contribution < -0.4 is 15.1 Å². The summed E-state index contributed by atoms with van der Waals surface area (Å²) in [6.07, 6.45) is 0. The number of carbonyl (C=O) groups excluding carboxylic acids is 1. The van der Waals surface area contributed by atoms with Crippen molar-refractivity contribution in [2.75, 3.05) is 49.1 Å². The Hall–Kier alpha value is -2.88. The first-order valence-corrected chi connectivity index (χ1v) is 9.31. The van der Waals surface area contributed by atoms with Gasteiger partial charge in [0.2, 0.25) is 17.8 Å². The quantitative estimate of drug-likeness (QED) is 0.640. The van der Waals surface area contributed by atoms with Gasteiger partial charge in [-0.2, -0.15) is 9.97 Å². The zero-order chi connectivity index (χ0) is 19.6. The molecular weight excluding hydrogens is 364 g/mol. The van der Waals surface area contributed by atoms with Crippen molar-refractivity contribution in [2.24, 2.45) is 0 Å². The smallest absolute Gasteiger partial charge is 0.261 e. The molecule has 0 bridgehead atoms. The van der Waals surface area contributed by atoms with Crippen molar-refractivity contribution < 1.29 is 4.79 Å². The molecule has 27 heavy (non-hydrogen) atoms. The van der Waals surface area contributed by atoms with Crippen LogP contribution in [0.2, 0.25) is 0 Å². The summed E-state index contributed by atoms with van der Waals surface area (Å²) in [5.41, 5.74) is 1.91. The largest absolute Gasteiger partial charge is 0.348 e. The summed E-state index contributed by atoms with van der Waals surface area (Å²) in [5.74, 6) is 1.73. The number of fused-ring (bicyclic) bond motifs is 1. The van der Waals surface area contributed by atoms with E-state index in [2.05, 4.69) is 25.5 Å². The molecule has 0 unspecified atom stereocenters. The van der Waals surface area contributed by atoms with Gasteiger partial charge in [0.15, 0.2) is 5.16 Å². The normalized spacial score (nSPS) is 10.9. The Balaban J connectivity index is 1.78. The van der Waals surface area contributed by atoms with Gasteiger partial charge in [0.05, 0.1) is 5.75 Å². The molecule has 0 fully saturated rings. The third-order valence-electron chi connectivity index (χ3n) is 3.68. The minimum Gasteiger partial charge on any atom is -0.348 e. The summed E-state index contributed by atoms with van der Waals surface area (Å²) in [4.78, 5) is 24.9. The number of nitrogens with zero attached hydrogens (tertiary/aromatic N) is 7. The first kappa shape index (κ1) is 18.9. The van der Waals surface area contributed by atoms with E-state index in [4.69, 9.17) is 0 Å². The average molecular weight is 386 g/mol. The number of anilines is 3. The minimum atomic E-state index is -0.113. The Bertz CT molecular complexity index is 951. The molecule has 0 saturated heterocycles. The molecule has 0 aliphatic rings. The van der Waals surface area contributed by atoms with Crippen LogP contribution in [0.5, 0.6) is 0 Å². The fourth-order valence-electron chi connectivity index (χ4n) is 2.32. The topological polar surface area (TPSA) is 91.5 Å². The second-order valence-electron chi connectivity index (χ2n) is 6.43. The molecule has 9 nitrogen and oxygen atoms in total. The molecule has 0 atom stereocenters. The molecule has 1 aromatic carbocycles. The highest BCUT2D eigenvalue weighted by molar-refractivity contribution is 7.99. The van der Waals surface area contributed by atoms with Gasteiger partial charge in [-0.3, -0.25) is 4.79 Å². The minimum absolute atomic E-state index is 0.113. The third-order valence-corrected chi connectivity index (χ3v) is 4.61. The van der Waals surface area contributed by atoms with Crippen LogP contribution in [0.4, 0.5) is 17.6 Å². The van der Waals surface area contributed by atoms with Gasteiger partial charge in [-0.15, -0.1) is 10.2 Å². The fraction of sp³-hybridized carbons (Fsp3) is 0.353. The van der Waals surface area contributed by atoms with Gasteiger partial charge >= 0.3 is 0 Å². The molecule has 0 aliphatic carbocycles. The van der Waals surface area contributed by atoms with Crippen LogP contribution in [0, 0.1) is 6.92 Å². The Morgan fingerprint density at radius 3 is 2.41 bits per heavy atom. The van der Waals surface area contributed by atoms with Crippen molar-refractivity contribution in [3.63, 3.8) is 0 Å². The van der Waals surface area contributed by atoms with E-state index in [-0.39, 0.29) is 11.7 Å². The number of hydrogen-bond acceptors (Lipinski definition) is 8. The molecule has 0 aliphatic heterocycles. The van der Waals surface area contributed by atoms with Crippen LogP contribution in [-0.4, -0.2) is 64.4 Å². The second-order valence-corrected chi connectivity index (χ2v) is 7.38. The molecule has 2 aromatic heterocycles. The highest BCUT2D eigenvalue weighted by atomic mass is 32.2. The number of amides is 1.